The molecule has 4 rings (SSSR count). The van der Waals surface area contributed by atoms with Crippen molar-refractivity contribution in [2.75, 3.05) is 0 Å². The third-order valence-electron chi connectivity index (χ3n) is 3.29. The van der Waals surface area contributed by atoms with Crippen molar-refractivity contribution in [3.8, 4) is 22.8 Å². The standard InChI is InChI=1S/C15H11N3.C5H5NS/c1-3-10-16-12(6-1)14-8-5-9-15(18-14)13-7-2-4-11-17-13;7-5-1-3-6-4-2-5/h1-11H;1-4H,(H,6,7). The van der Waals surface area contributed by atoms with Gasteiger partial charge in [-0.25, -0.2) is 4.98 Å². The summed E-state index contributed by atoms with van der Waals surface area (Å²) >= 11 is 4.79. The zero-order valence-electron chi connectivity index (χ0n) is 13.4. The van der Waals surface area contributed by atoms with E-state index < -0.39 is 0 Å². The summed E-state index contributed by atoms with van der Waals surface area (Å²) in [6.45, 7) is 0. The fraction of sp³-hybridized carbons (Fsp3) is 0. The van der Waals surface area contributed by atoms with Gasteiger partial charge in [0.2, 0.25) is 0 Å². The van der Waals surface area contributed by atoms with E-state index in [-0.39, 0.29) is 0 Å². The molecule has 4 nitrogen and oxygen atoms in total. The molecule has 0 radical (unpaired) electrons. The Balaban J connectivity index is 0.000000219. The first kappa shape index (κ1) is 16.7. The Kier molecular flexibility index (Phi) is 5.74. The van der Waals surface area contributed by atoms with Crippen LogP contribution in [0.15, 0.2) is 91.5 Å². The zero-order chi connectivity index (χ0) is 17.3. The molecule has 5 heteroatoms. The topological polar surface area (TPSA) is 54.5 Å². The lowest BCUT2D eigenvalue weighted by Gasteiger charge is -2.03. The van der Waals surface area contributed by atoms with E-state index in [1.807, 2.05) is 79.1 Å². The summed E-state index contributed by atoms with van der Waals surface area (Å²) in [7, 11) is 0. The SMILES string of the molecule is S=c1cc[nH]cc1.c1ccc(-c2cccc(-c3ccccn3)n2)nc1. The summed E-state index contributed by atoms with van der Waals surface area (Å²) in [5.74, 6) is 0. The molecule has 0 aliphatic carbocycles. The maximum absolute atomic E-state index is 4.79. The summed E-state index contributed by atoms with van der Waals surface area (Å²) in [5, 5.41) is 0. The molecule has 4 aromatic rings. The van der Waals surface area contributed by atoms with E-state index in [0.717, 1.165) is 27.3 Å². The molecule has 0 aromatic carbocycles. The number of rotatable bonds is 2. The molecule has 0 aliphatic rings. The van der Waals surface area contributed by atoms with Crippen molar-refractivity contribution in [3.05, 3.63) is 96.0 Å². The number of hydrogen-bond donors (Lipinski definition) is 1. The minimum atomic E-state index is 0.860. The van der Waals surface area contributed by atoms with E-state index in [1.165, 1.54) is 0 Å². The summed E-state index contributed by atoms with van der Waals surface area (Å²) in [4.78, 5) is 16.1. The molecule has 4 heterocycles. The minimum Gasteiger partial charge on any atom is -0.368 e. The van der Waals surface area contributed by atoms with Gasteiger partial charge in [-0.1, -0.05) is 30.4 Å². The summed E-state index contributed by atoms with van der Waals surface area (Å²) < 4.78 is 0.874. The smallest absolute Gasteiger partial charge is 0.0894 e. The van der Waals surface area contributed by atoms with Gasteiger partial charge in [-0.15, -0.1) is 0 Å². The highest BCUT2D eigenvalue weighted by atomic mass is 32.1. The Morgan fingerprint density at radius 3 is 1.52 bits per heavy atom. The quantitative estimate of drug-likeness (QED) is 0.523. The van der Waals surface area contributed by atoms with Gasteiger partial charge in [-0.2, -0.15) is 0 Å². The van der Waals surface area contributed by atoms with Crippen molar-refractivity contribution in [2.24, 2.45) is 0 Å². The first-order chi connectivity index (χ1) is 12.3. The molecule has 0 atom stereocenters. The number of H-pyrrole nitrogens is 1. The third kappa shape index (κ3) is 4.89. The van der Waals surface area contributed by atoms with Crippen LogP contribution < -0.4 is 0 Å². The number of pyridine rings is 4. The van der Waals surface area contributed by atoms with Crippen LogP contribution in [0.25, 0.3) is 22.8 Å². The van der Waals surface area contributed by atoms with E-state index in [1.54, 1.807) is 12.4 Å². The van der Waals surface area contributed by atoms with E-state index >= 15 is 0 Å². The Labute approximate surface area is 151 Å². The van der Waals surface area contributed by atoms with Crippen molar-refractivity contribution in [1.29, 1.82) is 0 Å². The molecule has 0 amide bonds. The molecule has 0 saturated heterocycles. The van der Waals surface area contributed by atoms with E-state index in [2.05, 4.69) is 19.9 Å². The predicted octanol–water partition coefficient (Wildman–Crippen LogP) is 4.95. The Bertz CT molecular complexity index is 897. The van der Waals surface area contributed by atoms with Gasteiger partial charge in [0.1, 0.15) is 0 Å². The zero-order valence-corrected chi connectivity index (χ0v) is 14.2. The molecule has 0 aliphatic heterocycles. The maximum Gasteiger partial charge on any atom is 0.0894 e. The van der Waals surface area contributed by atoms with Gasteiger partial charge in [0, 0.05) is 29.3 Å². The summed E-state index contributed by atoms with van der Waals surface area (Å²) in [6.07, 6.45) is 7.15. The lowest BCUT2D eigenvalue weighted by Crippen LogP contribution is -1.90. The lowest BCUT2D eigenvalue weighted by molar-refractivity contribution is 1.22. The van der Waals surface area contributed by atoms with Crippen molar-refractivity contribution in [2.45, 2.75) is 0 Å². The first-order valence-electron chi connectivity index (χ1n) is 7.76. The van der Waals surface area contributed by atoms with E-state index in [0.29, 0.717) is 0 Å². The molecule has 0 saturated carbocycles. The molecule has 0 spiro atoms. The van der Waals surface area contributed by atoms with Crippen LogP contribution in [0, 0.1) is 4.51 Å². The van der Waals surface area contributed by atoms with Gasteiger partial charge in [0.05, 0.1) is 22.8 Å². The molecule has 4 aromatic heterocycles. The molecule has 0 unspecified atom stereocenters. The summed E-state index contributed by atoms with van der Waals surface area (Å²) in [6, 6.07) is 21.2. The Morgan fingerprint density at radius 2 is 1.12 bits per heavy atom. The van der Waals surface area contributed by atoms with Crippen LogP contribution in [0.2, 0.25) is 0 Å². The van der Waals surface area contributed by atoms with E-state index in [4.69, 9.17) is 12.2 Å². The van der Waals surface area contributed by atoms with Crippen molar-refractivity contribution >= 4 is 12.2 Å². The van der Waals surface area contributed by atoms with Crippen LogP contribution in [-0.4, -0.2) is 19.9 Å². The lowest BCUT2D eigenvalue weighted by atomic mass is 10.2. The molecule has 122 valence electrons. The number of aromatic nitrogens is 4. The van der Waals surface area contributed by atoms with Gasteiger partial charge < -0.3 is 4.98 Å². The average Bonchev–Trinajstić information content (AvgIpc) is 2.71. The Hall–Kier alpha value is -3.18. The highest BCUT2D eigenvalue weighted by molar-refractivity contribution is 7.71. The second-order valence-electron chi connectivity index (χ2n) is 5.07. The Morgan fingerprint density at radius 1 is 0.600 bits per heavy atom. The van der Waals surface area contributed by atoms with Crippen LogP contribution >= 0.6 is 12.2 Å². The van der Waals surface area contributed by atoms with Crippen LogP contribution in [0.4, 0.5) is 0 Å². The fourth-order valence-electron chi connectivity index (χ4n) is 2.12. The monoisotopic (exact) mass is 344 g/mol. The molecule has 25 heavy (non-hydrogen) atoms. The van der Waals surface area contributed by atoms with Crippen LogP contribution in [-0.2, 0) is 0 Å². The van der Waals surface area contributed by atoms with Crippen LogP contribution in [0.3, 0.4) is 0 Å². The molecule has 0 fully saturated rings. The molecular formula is C20H16N4S. The third-order valence-corrected chi connectivity index (χ3v) is 3.56. The number of nitrogens with one attached hydrogen (secondary N) is 1. The van der Waals surface area contributed by atoms with Crippen LogP contribution in [0.5, 0.6) is 0 Å². The van der Waals surface area contributed by atoms with Gasteiger partial charge >= 0.3 is 0 Å². The summed E-state index contributed by atoms with van der Waals surface area (Å²) in [5.41, 5.74) is 3.46. The van der Waals surface area contributed by atoms with Crippen molar-refractivity contribution < 1.29 is 0 Å². The highest BCUT2D eigenvalue weighted by Gasteiger charge is 2.03. The van der Waals surface area contributed by atoms with Crippen LogP contribution in [0.1, 0.15) is 0 Å². The second-order valence-corrected chi connectivity index (χ2v) is 5.55. The minimum absolute atomic E-state index is 0.860. The molecular weight excluding hydrogens is 328 g/mol. The number of hydrogen-bond acceptors (Lipinski definition) is 4. The first-order valence-corrected chi connectivity index (χ1v) is 8.17. The highest BCUT2D eigenvalue weighted by Crippen LogP contribution is 2.19. The van der Waals surface area contributed by atoms with Gasteiger partial charge in [0.15, 0.2) is 0 Å². The molecule has 1 N–H and O–H groups in total. The molecule has 0 bridgehead atoms. The predicted molar refractivity (Wildman–Crippen MR) is 102 cm³/mol. The number of nitrogens with zero attached hydrogens (tertiary/aromatic N) is 3. The number of aromatic amines is 1. The van der Waals surface area contributed by atoms with Gasteiger partial charge in [-0.05, 0) is 48.5 Å². The van der Waals surface area contributed by atoms with Gasteiger partial charge in [0.25, 0.3) is 0 Å². The largest absolute Gasteiger partial charge is 0.368 e. The van der Waals surface area contributed by atoms with Crippen molar-refractivity contribution in [1.82, 2.24) is 19.9 Å². The normalized spacial score (nSPS) is 9.76. The maximum atomic E-state index is 4.79. The second kappa shape index (κ2) is 8.61. The fourth-order valence-corrected chi connectivity index (χ4v) is 2.26. The van der Waals surface area contributed by atoms with E-state index in [9.17, 15) is 0 Å². The van der Waals surface area contributed by atoms with Gasteiger partial charge in [-0.3, -0.25) is 9.97 Å². The average molecular weight is 344 g/mol. The van der Waals surface area contributed by atoms with Crippen molar-refractivity contribution in [3.63, 3.8) is 0 Å².